The van der Waals surface area contributed by atoms with Gasteiger partial charge in [0.15, 0.2) is 5.60 Å². The number of hydrogen-bond acceptors (Lipinski definition) is 4. The standard InChI is InChI=1S/C29H31NO4/c1-2-3-19-27-21-28(24-15-9-5-10-16-24,25-17-11-6-12-18-25)33-34-29(27,32)22-30(26(27)31)20-23-13-7-4-8-14-23/h4-18,32H,2-3,19-22H2,1H3. The molecule has 0 radical (unpaired) electrons. The predicted molar refractivity (Wildman–Crippen MR) is 129 cm³/mol. The zero-order valence-electron chi connectivity index (χ0n) is 19.5. The van der Waals surface area contributed by atoms with Gasteiger partial charge in [0.1, 0.15) is 5.41 Å². The fraction of sp³-hybridized carbons (Fsp3) is 0.345. The third-order valence-corrected chi connectivity index (χ3v) is 7.38. The highest BCUT2D eigenvalue weighted by atomic mass is 17.2. The van der Waals surface area contributed by atoms with Gasteiger partial charge in [-0.25, -0.2) is 4.89 Å². The molecular formula is C29H31NO4. The number of β-amino-alcohol motifs (C(OH)–C–C–N with tert-alkyl or cyclic N) is 1. The van der Waals surface area contributed by atoms with Crippen molar-refractivity contribution in [3.63, 3.8) is 0 Å². The molecule has 5 rings (SSSR count). The van der Waals surface area contributed by atoms with Crippen LogP contribution in [0.15, 0.2) is 91.0 Å². The van der Waals surface area contributed by atoms with Gasteiger partial charge in [0.05, 0.1) is 6.54 Å². The van der Waals surface area contributed by atoms with E-state index < -0.39 is 16.8 Å². The second-order valence-corrected chi connectivity index (χ2v) is 9.52. The number of unbranched alkanes of at least 4 members (excludes halogenated alkanes) is 1. The minimum Gasteiger partial charge on any atom is -0.361 e. The maximum atomic E-state index is 14.2. The van der Waals surface area contributed by atoms with E-state index in [2.05, 4.69) is 6.92 Å². The molecule has 1 N–H and O–H groups in total. The van der Waals surface area contributed by atoms with E-state index in [0.717, 1.165) is 29.5 Å². The smallest absolute Gasteiger partial charge is 0.235 e. The van der Waals surface area contributed by atoms with Gasteiger partial charge in [0.25, 0.3) is 0 Å². The molecule has 2 heterocycles. The zero-order chi connectivity index (χ0) is 23.7. The van der Waals surface area contributed by atoms with Crippen molar-refractivity contribution in [2.45, 2.75) is 50.5 Å². The Morgan fingerprint density at radius 1 is 0.853 bits per heavy atom. The van der Waals surface area contributed by atoms with Crippen LogP contribution in [0.4, 0.5) is 0 Å². The van der Waals surface area contributed by atoms with Crippen LogP contribution in [0.1, 0.15) is 49.3 Å². The Hall–Kier alpha value is -2.99. The average Bonchev–Trinajstić information content (AvgIpc) is 3.10. The van der Waals surface area contributed by atoms with Crippen LogP contribution in [0.2, 0.25) is 0 Å². The first-order valence-electron chi connectivity index (χ1n) is 12.1. The molecule has 3 aromatic carbocycles. The van der Waals surface area contributed by atoms with Gasteiger partial charge in [-0.15, -0.1) is 0 Å². The molecule has 5 nitrogen and oxygen atoms in total. The maximum Gasteiger partial charge on any atom is 0.235 e. The van der Waals surface area contributed by atoms with Gasteiger partial charge in [0.2, 0.25) is 11.7 Å². The summed E-state index contributed by atoms with van der Waals surface area (Å²) in [5.41, 5.74) is 0.673. The SMILES string of the molecule is CCCCC12CC(c3ccccc3)(c3ccccc3)OOC1(O)CN(Cc1ccccc1)C2=O. The highest BCUT2D eigenvalue weighted by Crippen LogP contribution is 2.58. The Balaban J connectivity index is 1.60. The Labute approximate surface area is 200 Å². The summed E-state index contributed by atoms with van der Waals surface area (Å²) in [7, 11) is 0. The second kappa shape index (κ2) is 8.99. The molecule has 2 saturated heterocycles. The van der Waals surface area contributed by atoms with Crippen molar-refractivity contribution in [2.75, 3.05) is 6.54 Å². The molecule has 0 aliphatic carbocycles. The highest BCUT2D eigenvalue weighted by molar-refractivity contribution is 5.87. The van der Waals surface area contributed by atoms with E-state index in [1.807, 2.05) is 91.0 Å². The largest absolute Gasteiger partial charge is 0.361 e. The predicted octanol–water partition coefficient (Wildman–Crippen LogP) is 5.19. The van der Waals surface area contributed by atoms with Gasteiger partial charge in [0, 0.05) is 13.0 Å². The van der Waals surface area contributed by atoms with Gasteiger partial charge >= 0.3 is 0 Å². The molecule has 0 aromatic heterocycles. The van der Waals surface area contributed by atoms with Crippen LogP contribution in [0.5, 0.6) is 0 Å². The normalized spacial score (nSPS) is 25.8. The lowest BCUT2D eigenvalue weighted by Crippen LogP contribution is -2.60. The monoisotopic (exact) mass is 457 g/mol. The number of amides is 1. The molecule has 34 heavy (non-hydrogen) atoms. The molecule has 2 aliphatic heterocycles. The van der Waals surface area contributed by atoms with Crippen LogP contribution in [-0.2, 0) is 26.7 Å². The van der Waals surface area contributed by atoms with Crippen molar-refractivity contribution >= 4 is 5.91 Å². The lowest BCUT2D eigenvalue weighted by molar-refractivity contribution is -0.503. The third kappa shape index (κ3) is 3.65. The van der Waals surface area contributed by atoms with E-state index in [1.165, 1.54) is 0 Å². The highest BCUT2D eigenvalue weighted by Gasteiger charge is 2.70. The average molecular weight is 458 g/mol. The first-order chi connectivity index (χ1) is 16.5. The molecule has 2 aliphatic rings. The van der Waals surface area contributed by atoms with Crippen LogP contribution in [0, 0.1) is 5.41 Å². The minimum atomic E-state index is -1.72. The summed E-state index contributed by atoms with van der Waals surface area (Å²) in [6.07, 6.45) is 2.54. The number of carbonyl (C=O) groups excluding carboxylic acids is 1. The van der Waals surface area contributed by atoms with Crippen molar-refractivity contribution < 1.29 is 19.7 Å². The maximum absolute atomic E-state index is 14.2. The summed E-state index contributed by atoms with van der Waals surface area (Å²) >= 11 is 0. The Morgan fingerprint density at radius 2 is 1.41 bits per heavy atom. The third-order valence-electron chi connectivity index (χ3n) is 7.38. The van der Waals surface area contributed by atoms with Crippen molar-refractivity contribution in [2.24, 2.45) is 5.41 Å². The van der Waals surface area contributed by atoms with E-state index >= 15 is 0 Å². The van der Waals surface area contributed by atoms with Crippen LogP contribution in [0.25, 0.3) is 0 Å². The van der Waals surface area contributed by atoms with E-state index in [0.29, 0.717) is 19.4 Å². The Bertz CT molecular complexity index is 1080. The number of fused-ring (bicyclic) bond motifs is 1. The topological polar surface area (TPSA) is 59.0 Å². The number of hydrogen-bond donors (Lipinski definition) is 1. The molecule has 2 atom stereocenters. The summed E-state index contributed by atoms with van der Waals surface area (Å²) < 4.78 is 0. The van der Waals surface area contributed by atoms with Gasteiger partial charge in [-0.2, -0.15) is 4.89 Å². The van der Waals surface area contributed by atoms with Crippen molar-refractivity contribution in [1.82, 2.24) is 4.90 Å². The summed E-state index contributed by atoms with van der Waals surface area (Å²) in [5, 5.41) is 11.8. The van der Waals surface area contributed by atoms with E-state index in [1.54, 1.807) is 4.90 Å². The van der Waals surface area contributed by atoms with E-state index in [9.17, 15) is 9.90 Å². The number of nitrogens with zero attached hydrogens (tertiary/aromatic N) is 1. The molecule has 5 heteroatoms. The van der Waals surface area contributed by atoms with Crippen molar-refractivity contribution in [3.05, 3.63) is 108 Å². The summed E-state index contributed by atoms with van der Waals surface area (Å²) in [6, 6.07) is 29.6. The molecule has 0 bridgehead atoms. The van der Waals surface area contributed by atoms with E-state index in [-0.39, 0.29) is 12.5 Å². The molecule has 0 spiro atoms. The number of likely N-dealkylation sites (tertiary alicyclic amines) is 1. The summed E-state index contributed by atoms with van der Waals surface area (Å²) in [6.45, 7) is 2.59. The quantitative estimate of drug-likeness (QED) is 0.496. The molecule has 1 amide bonds. The molecule has 3 aromatic rings. The van der Waals surface area contributed by atoms with Crippen LogP contribution < -0.4 is 0 Å². The first kappa shape index (κ1) is 22.8. The fourth-order valence-corrected chi connectivity index (χ4v) is 5.55. The summed E-state index contributed by atoms with van der Waals surface area (Å²) in [4.78, 5) is 28.0. The molecule has 176 valence electrons. The second-order valence-electron chi connectivity index (χ2n) is 9.52. The minimum absolute atomic E-state index is 0.0735. The lowest BCUT2D eigenvalue weighted by atomic mass is 9.65. The van der Waals surface area contributed by atoms with Gasteiger partial charge < -0.3 is 10.0 Å². The lowest BCUT2D eigenvalue weighted by Gasteiger charge is -2.50. The van der Waals surface area contributed by atoms with Crippen molar-refractivity contribution in [1.29, 1.82) is 0 Å². The number of benzene rings is 3. The number of aliphatic hydroxyl groups is 1. The molecule has 2 unspecified atom stereocenters. The fourth-order valence-electron chi connectivity index (χ4n) is 5.55. The number of carbonyl (C=O) groups is 1. The van der Waals surface area contributed by atoms with Crippen LogP contribution in [-0.4, -0.2) is 28.2 Å². The Kier molecular flexibility index (Phi) is 6.02. The summed E-state index contributed by atoms with van der Waals surface area (Å²) in [5.74, 6) is -1.80. The molecule has 2 fully saturated rings. The van der Waals surface area contributed by atoms with E-state index in [4.69, 9.17) is 9.78 Å². The van der Waals surface area contributed by atoms with Gasteiger partial charge in [-0.1, -0.05) is 111 Å². The molecule has 0 saturated carbocycles. The number of rotatable bonds is 7. The van der Waals surface area contributed by atoms with Crippen molar-refractivity contribution in [3.8, 4) is 0 Å². The van der Waals surface area contributed by atoms with Gasteiger partial charge in [-0.05, 0) is 23.1 Å². The first-order valence-corrected chi connectivity index (χ1v) is 12.1. The zero-order valence-corrected chi connectivity index (χ0v) is 19.5. The van der Waals surface area contributed by atoms with Crippen LogP contribution >= 0.6 is 0 Å². The molecular weight excluding hydrogens is 426 g/mol. The Morgan fingerprint density at radius 3 is 1.97 bits per heavy atom. The van der Waals surface area contributed by atoms with Crippen LogP contribution in [0.3, 0.4) is 0 Å². The van der Waals surface area contributed by atoms with Gasteiger partial charge in [-0.3, -0.25) is 4.79 Å².